The van der Waals surface area contributed by atoms with Crippen LogP contribution in [-0.2, 0) is 17.9 Å². The maximum absolute atomic E-state index is 12.7. The third-order valence-corrected chi connectivity index (χ3v) is 4.23. The lowest BCUT2D eigenvalue weighted by Gasteiger charge is -2.22. The number of carbonyl (C=O) groups is 1. The van der Waals surface area contributed by atoms with Crippen LogP contribution in [0.2, 0.25) is 0 Å². The van der Waals surface area contributed by atoms with Crippen molar-refractivity contribution in [3.05, 3.63) is 70.8 Å². The molecule has 2 aromatic heterocycles. The summed E-state index contributed by atoms with van der Waals surface area (Å²) in [6.07, 6.45) is 2.64. The van der Waals surface area contributed by atoms with Gasteiger partial charge < -0.3 is 10.6 Å². The van der Waals surface area contributed by atoms with E-state index < -0.39 is 0 Å². The Labute approximate surface area is 163 Å². The summed E-state index contributed by atoms with van der Waals surface area (Å²) in [5.74, 6) is -0.00809. The molecular formula is C19H24ClN5O2. The van der Waals surface area contributed by atoms with Gasteiger partial charge in [-0.05, 0) is 30.7 Å². The van der Waals surface area contributed by atoms with E-state index in [-0.39, 0.29) is 37.0 Å². The third kappa shape index (κ3) is 5.18. The van der Waals surface area contributed by atoms with E-state index in [1.54, 1.807) is 23.2 Å². The Morgan fingerprint density at radius 2 is 1.85 bits per heavy atom. The molecule has 0 saturated heterocycles. The average molecular weight is 390 g/mol. The number of aryl methyl sites for hydroxylation is 1. The first-order valence-corrected chi connectivity index (χ1v) is 8.75. The van der Waals surface area contributed by atoms with E-state index >= 15 is 0 Å². The predicted octanol–water partition coefficient (Wildman–Crippen LogP) is 1.69. The number of pyridine rings is 1. The summed E-state index contributed by atoms with van der Waals surface area (Å²) in [7, 11) is 0. The van der Waals surface area contributed by atoms with Gasteiger partial charge in [-0.1, -0.05) is 36.4 Å². The maximum atomic E-state index is 12.7. The van der Waals surface area contributed by atoms with Crippen LogP contribution in [0.1, 0.15) is 18.4 Å². The Bertz CT molecular complexity index is 922. The summed E-state index contributed by atoms with van der Waals surface area (Å²) in [5.41, 5.74) is 7.02. The van der Waals surface area contributed by atoms with Crippen LogP contribution in [0.15, 0.2) is 59.5 Å². The number of nitrogens with zero attached hydrogens (tertiary/aromatic N) is 4. The largest absolute Gasteiger partial charge is 0.350 e. The van der Waals surface area contributed by atoms with E-state index in [1.807, 2.05) is 36.4 Å². The lowest BCUT2D eigenvalue weighted by atomic mass is 10.2. The molecule has 0 aliphatic carbocycles. The fourth-order valence-corrected chi connectivity index (χ4v) is 2.85. The SMILES string of the molecule is Cl.NCCCN(Cc1ccccc1)C(=O)CCn1nc2ccccn2c1=O. The molecule has 8 heteroatoms. The lowest BCUT2D eigenvalue weighted by Crippen LogP contribution is -2.34. The van der Waals surface area contributed by atoms with E-state index in [0.717, 1.165) is 12.0 Å². The van der Waals surface area contributed by atoms with Crippen LogP contribution in [0, 0.1) is 0 Å². The molecule has 3 rings (SSSR count). The van der Waals surface area contributed by atoms with E-state index in [0.29, 0.717) is 25.3 Å². The molecule has 0 saturated carbocycles. The highest BCUT2D eigenvalue weighted by atomic mass is 35.5. The summed E-state index contributed by atoms with van der Waals surface area (Å²) >= 11 is 0. The van der Waals surface area contributed by atoms with E-state index in [2.05, 4.69) is 5.10 Å². The Hall–Kier alpha value is -2.64. The summed E-state index contributed by atoms with van der Waals surface area (Å²) < 4.78 is 2.82. The number of fused-ring (bicyclic) bond motifs is 1. The van der Waals surface area contributed by atoms with Crippen LogP contribution in [0.25, 0.3) is 5.65 Å². The molecule has 0 aliphatic rings. The van der Waals surface area contributed by atoms with Crippen molar-refractivity contribution in [1.29, 1.82) is 0 Å². The fourth-order valence-electron chi connectivity index (χ4n) is 2.85. The zero-order chi connectivity index (χ0) is 18.4. The number of amides is 1. The van der Waals surface area contributed by atoms with Gasteiger partial charge in [0.25, 0.3) is 0 Å². The van der Waals surface area contributed by atoms with Gasteiger partial charge in [-0.15, -0.1) is 17.5 Å². The number of aromatic nitrogens is 3. The Kier molecular flexibility index (Phi) is 7.57. The van der Waals surface area contributed by atoms with Gasteiger partial charge >= 0.3 is 5.69 Å². The van der Waals surface area contributed by atoms with E-state index in [9.17, 15) is 9.59 Å². The quantitative estimate of drug-likeness (QED) is 0.635. The summed E-state index contributed by atoms with van der Waals surface area (Å²) in [6.45, 7) is 1.93. The smallest absolute Gasteiger partial charge is 0.338 e. The number of rotatable bonds is 8. The predicted molar refractivity (Wildman–Crippen MR) is 107 cm³/mol. The molecule has 7 nitrogen and oxygen atoms in total. The third-order valence-electron chi connectivity index (χ3n) is 4.23. The van der Waals surface area contributed by atoms with Crippen LogP contribution in [0.3, 0.4) is 0 Å². The van der Waals surface area contributed by atoms with Crippen molar-refractivity contribution in [1.82, 2.24) is 19.1 Å². The monoisotopic (exact) mass is 389 g/mol. The Balaban J connectivity index is 0.00000261. The normalized spacial score (nSPS) is 10.6. The van der Waals surface area contributed by atoms with Crippen LogP contribution >= 0.6 is 12.4 Å². The van der Waals surface area contributed by atoms with Gasteiger partial charge in [0, 0.05) is 25.7 Å². The molecule has 0 fully saturated rings. The number of halogens is 1. The Morgan fingerprint density at radius 3 is 2.56 bits per heavy atom. The van der Waals surface area contributed by atoms with E-state index in [4.69, 9.17) is 5.73 Å². The lowest BCUT2D eigenvalue weighted by molar-refractivity contribution is -0.132. The van der Waals surface area contributed by atoms with Gasteiger partial charge in [0.1, 0.15) is 0 Å². The molecule has 144 valence electrons. The van der Waals surface area contributed by atoms with Gasteiger partial charge in [-0.3, -0.25) is 9.20 Å². The van der Waals surface area contributed by atoms with Crippen molar-refractivity contribution in [3.63, 3.8) is 0 Å². The number of carbonyl (C=O) groups excluding carboxylic acids is 1. The van der Waals surface area contributed by atoms with Crippen molar-refractivity contribution >= 4 is 24.0 Å². The standard InChI is InChI=1S/C19H23N5O2.ClH/c20-11-6-12-22(15-16-7-2-1-3-8-16)18(25)10-14-24-19(26)23-13-5-4-9-17(23)21-24;/h1-5,7-9,13H,6,10-12,14-15,20H2;1H. The van der Waals surface area contributed by atoms with Crippen LogP contribution < -0.4 is 11.4 Å². The average Bonchev–Trinajstić information content (AvgIpc) is 3.00. The van der Waals surface area contributed by atoms with Crippen molar-refractivity contribution in [3.8, 4) is 0 Å². The van der Waals surface area contributed by atoms with E-state index in [1.165, 1.54) is 9.08 Å². The fraction of sp³-hybridized carbons (Fsp3) is 0.316. The number of benzene rings is 1. The van der Waals surface area contributed by atoms with Gasteiger partial charge in [0.15, 0.2) is 5.65 Å². The second-order valence-corrected chi connectivity index (χ2v) is 6.13. The van der Waals surface area contributed by atoms with Gasteiger partial charge in [0.2, 0.25) is 5.91 Å². The van der Waals surface area contributed by atoms with Crippen LogP contribution in [0.4, 0.5) is 0 Å². The molecular weight excluding hydrogens is 366 g/mol. The van der Waals surface area contributed by atoms with Gasteiger partial charge in [-0.2, -0.15) is 0 Å². The molecule has 0 atom stereocenters. The molecule has 2 heterocycles. The molecule has 1 amide bonds. The summed E-state index contributed by atoms with van der Waals surface area (Å²) in [5, 5.41) is 4.27. The molecule has 0 radical (unpaired) electrons. The second-order valence-electron chi connectivity index (χ2n) is 6.13. The van der Waals surface area contributed by atoms with Crippen molar-refractivity contribution in [2.45, 2.75) is 25.9 Å². The summed E-state index contributed by atoms with van der Waals surface area (Å²) in [6, 6.07) is 15.2. The number of nitrogens with two attached hydrogens (primary N) is 1. The van der Waals surface area contributed by atoms with Crippen molar-refractivity contribution in [2.75, 3.05) is 13.1 Å². The number of hydrogen-bond acceptors (Lipinski definition) is 4. The molecule has 0 aliphatic heterocycles. The highest BCUT2D eigenvalue weighted by molar-refractivity contribution is 5.85. The minimum atomic E-state index is -0.232. The molecule has 0 spiro atoms. The minimum Gasteiger partial charge on any atom is -0.338 e. The molecule has 3 aromatic rings. The molecule has 27 heavy (non-hydrogen) atoms. The zero-order valence-electron chi connectivity index (χ0n) is 15.0. The highest BCUT2D eigenvalue weighted by Gasteiger charge is 2.15. The van der Waals surface area contributed by atoms with Crippen molar-refractivity contribution in [2.24, 2.45) is 5.73 Å². The molecule has 2 N–H and O–H groups in total. The topological polar surface area (TPSA) is 85.6 Å². The first-order valence-electron chi connectivity index (χ1n) is 8.75. The van der Waals surface area contributed by atoms with Gasteiger partial charge in [0.05, 0.1) is 6.54 Å². The minimum absolute atomic E-state index is 0. The maximum Gasteiger partial charge on any atom is 0.350 e. The second kappa shape index (κ2) is 9.89. The summed E-state index contributed by atoms with van der Waals surface area (Å²) in [4.78, 5) is 26.8. The highest BCUT2D eigenvalue weighted by Crippen LogP contribution is 2.07. The zero-order valence-corrected chi connectivity index (χ0v) is 15.8. The first kappa shape index (κ1) is 20.7. The van der Waals surface area contributed by atoms with Crippen molar-refractivity contribution < 1.29 is 4.79 Å². The Morgan fingerprint density at radius 1 is 1.11 bits per heavy atom. The first-order chi connectivity index (χ1) is 12.7. The van der Waals surface area contributed by atoms with Crippen LogP contribution in [-0.4, -0.2) is 38.1 Å². The van der Waals surface area contributed by atoms with Gasteiger partial charge in [-0.25, -0.2) is 9.48 Å². The molecule has 1 aromatic carbocycles. The molecule has 0 bridgehead atoms. The van der Waals surface area contributed by atoms with Crippen LogP contribution in [0.5, 0.6) is 0 Å². The molecule has 0 unspecified atom stereocenters. The number of hydrogen-bond donors (Lipinski definition) is 1.